The van der Waals surface area contributed by atoms with Crippen LogP contribution < -0.4 is 27.4 Å². The minimum absolute atomic E-state index is 0.0800. The monoisotopic (exact) mass is 273 g/mol. The van der Waals surface area contributed by atoms with E-state index in [1.54, 1.807) is 6.92 Å². The first-order valence-electron chi connectivity index (χ1n) is 7.33. The van der Waals surface area contributed by atoms with Crippen LogP contribution in [0.1, 0.15) is 32.6 Å². The third-order valence-corrected chi connectivity index (χ3v) is 2.76. The van der Waals surface area contributed by atoms with Crippen molar-refractivity contribution in [1.82, 2.24) is 16.0 Å². The van der Waals surface area contributed by atoms with Crippen molar-refractivity contribution in [3.05, 3.63) is 0 Å². The van der Waals surface area contributed by atoms with E-state index in [2.05, 4.69) is 16.0 Å². The van der Waals surface area contributed by atoms with Gasteiger partial charge in [0.2, 0.25) is 5.91 Å². The van der Waals surface area contributed by atoms with E-state index in [1.807, 2.05) is 0 Å². The number of hydrogen-bond acceptors (Lipinski definition) is 5. The number of carbonyl (C=O) groups is 1. The zero-order valence-electron chi connectivity index (χ0n) is 12.2. The molecule has 0 radical (unpaired) electrons. The van der Waals surface area contributed by atoms with Crippen molar-refractivity contribution < 1.29 is 4.79 Å². The fraction of sp³-hybridized carbons (Fsp3) is 0.923. The Kier molecular flexibility index (Phi) is 13.2. The highest BCUT2D eigenvalue weighted by atomic mass is 16.2. The first-order chi connectivity index (χ1) is 9.18. The van der Waals surface area contributed by atoms with E-state index in [1.165, 1.54) is 12.8 Å². The molecule has 0 rings (SSSR count). The molecule has 0 aliphatic carbocycles. The Bertz CT molecular complexity index is 211. The summed E-state index contributed by atoms with van der Waals surface area (Å²) in [5.41, 5.74) is 10.8. The maximum atomic E-state index is 11.2. The lowest BCUT2D eigenvalue weighted by Crippen LogP contribution is -2.39. The number of nitrogens with two attached hydrogens (primary N) is 2. The number of rotatable bonds is 13. The maximum Gasteiger partial charge on any atom is 0.236 e. The van der Waals surface area contributed by atoms with Crippen molar-refractivity contribution in [3.8, 4) is 0 Å². The second-order valence-electron chi connectivity index (χ2n) is 4.78. The summed E-state index contributed by atoms with van der Waals surface area (Å²) in [5, 5.41) is 9.50. The van der Waals surface area contributed by atoms with Gasteiger partial charge in [-0.25, -0.2) is 0 Å². The lowest BCUT2D eigenvalue weighted by molar-refractivity contribution is -0.121. The third kappa shape index (κ3) is 13.5. The lowest BCUT2D eigenvalue weighted by atomic mass is 10.3. The Morgan fingerprint density at radius 1 is 0.947 bits per heavy atom. The molecular formula is C13H31N5O. The maximum absolute atomic E-state index is 11.2. The molecule has 6 nitrogen and oxygen atoms in total. The molecule has 0 aromatic rings. The molecule has 19 heavy (non-hydrogen) atoms. The van der Waals surface area contributed by atoms with Gasteiger partial charge in [0.15, 0.2) is 0 Å². The van der Waals surface area contributed by atoms with Crippen molar-refractivity contribution in [3.63, 3.8) is 0 Å². The molecule has 0 spiro atoms. The summed E-state index contributed by atoms with van der Waals surface area (Å²) in [7, 11) is 0. The predicted molar refractivity (Wildman–Crippen MR) is 79.9 cm³/mol. The molecule has 0 aromatic carbocycles. The van der Waals surface area contributed by atoms with Gasteiger partial charge in [-0.3, -0.25) is 4.79 Å². The van der Waals surface area contributed by atoms with E-state index in [4.69, 9.17) is 11.5 Å². The molecule has 1 amide bonds. The molecule has 6 heteroatoms. The summed E-state index contributed by atoms with van der Waals surface area (Å²) in [5.74, 6) is -0.0800. The van der Waals surface area contributed by atoms with E-state index >= 15 is 0 Å². The van der Waals surface area contributed by atoms with Gasteiger partial charge in [0, 0.05) is 6.54 Å². The van der Waals surface area contributed by atoms with Gasteiger partial charge < -0.3 is 27.4 Å². The molecular weight excluding hydrogens is 242 g/mol. The van der Waals surface area contributed by atoms with Gasteiger partial charge in [-0.15, -0.1) is 0 Å². The topological polar surface area (TPSA) is 105 Å². The fourth-order valence-electron chi connectivity index (χ4n) is 1.56. The van der Waals surface area contributed by atoms with Crippen molar-refractivity contribution in [2.45, 2.75) is 38.6 Å². The summed E-state index contributed by atoms with van der Waals surface area (Å²) in [4.78, 5) is 11.2. The van der Waals surface area contributed by atoms with Crippen LogP contribution in [0, 0.1) is 0 Å². The van der Waals surface area contributed by atoms with Gasteiger partial charge >= 0.3 is 0 Å². The van der Waals surface area contributed by atoms with E-state index < -0.39 is 6.04 Å². The summed E-state index contributed by atoms with van der Waals surface area (Å²) in [6.45, 7) is 7.17. The molecule has 0 aliphatic rings. The molecule has 0 aliphatic heterocycles. The normalized spacial score (nSPS) is 12.4. The summed E-state index contributed by atoms with van der Waals surface area (Å²) < 4.78 is 0. The van der Waals surface area contributed by atoms with Crippen LogP contribution in [0.2, 0.25) is 0 Å². The third-order valence-electron chi connectivity index (χ3n) is 2.76. The number of unbranched alkanes of at least 4 members (excludes halogenated alkanes) is 1. The van der Waals surface area contributed by atoms with E-state index in [9.17, 15) is 4.79 Å². The molecule has 0 fully saturated rings. The van der Waals surface area contributed by atoms with Crippen LogP contribution in [-0.4, -0.2) is 51.2 Å². The first-order valence-corrected chi connectivity index (χ1v) is 7.33. The van der Waals surface area contributed by atoms with E-state index in [-0.39, 0.29) is 5.91 Å². The average Bonchev–Trinajstić information content (AvgIpc) is 2.39. The molecule has 0 heterocycles. The molecule has 114 valence electrons. The van der Waals surface area contributed by atoms with Crippen molar-refractivity contribution in [2.75, 3.05) is 39.3 Å². The number of hydrogen-bond donors (Lipinski definition) is 5. The van der Waals surface area contributed by atoms with Crippen molar-refractivity contribution in [2.24, 2.45) is 11.5 Å². The highest BCUT2D eigenvalue weighted by Gasteiger charge is 2.04. The van der Waals surface area contributed by atoms with Crippen LogP contribution in [0.4, 0.5) is 0 Å². The van der Waals surface area contributed by atoms with E-state index in [0.29, 0.717) is 6.54 Å². The Morgan fingerprint density at radius 2 is 1.47 bits per heavy atom. The SMILES string of the molecule is C[C@@H](N)C(=O)NCCCNCCCCNCCCN. The molecule has 1 atom stereocenters. The summed E-state index contributed by atoms with van der Waals surface area (Å²) in [6.07, 6.45) is 4.33. The van der Waals surface area contributed by atoms with Gasteiger partial charge in [-0.05, 0) is 65.3 Å². The highest BCUT2D eigenvalue weighted by Crippen LogP contribution is 1.85. The van der Waals surface area contributed by atoms with Gasteiger partial charge in [0.25, 0.3) is 0 Å². The minimum atomic E-state index is -0.417. The molecule has 7 N–H and O–H groups in total. The number of nitrogens with one attached hydrogen (secondary N) is 3. The standard InChI is InChI=1S/C13H31N5O/c1-12(15)13(19)18-11-5-10-17-8-3-2-7-16-9-4-6-14/h12,16-17H,2-11,14-15H2,1H3,(H,18,19)/t12-/m1/s1. The van der Waals surface area contributed by atoms with Crippen LogP contribution in [0.15, 0.2) is 0 Å². The Labute approximate surface area is 117 Å². The smallest absolute Gasteiger partial charge is 0.236 e. The summed E-state index contributed by atoms with van der Waals surface area (Å²) in [6, 6.07) is -0.417. The molecule has 0 bridgehead atoms. The first kappa shape index (κ1) is 18.3. The average molecular weight is 273 g/mol. The number of carbonyl (C=O) groups excluding carboxylic acids is 1. The Morgan fingerprint density at radius 3 is 2.00 bits per heavy atom. The number of amides is 1. The summed E-state index contributed by atoms with van der Waals surface area (Å²) >= 11 is 0. The Balaban J connectivity index is 3.05. The fourth-order valence-corrected chi connectivity index (χ4v) is 1.56. The van der Waals surface area contributed by atoms with E-state index in [0.717, 1.165) is 45.6 Å². The molecule has 0 unspecified atom stereocenters. The van der Waals surface area contributed by atoms with Crippen LogP contribution >= 0.6 is 0 Å². The van der Waals surface area contributed by atoms with Gasteiger partial charge in [-0.1, -0.05) is 0 Å². The van der Waals surface area contributed by atoms with Crippen molar-refractivity contribution in [1.29, 1.82) is 0 Å². The van der Waals surface area contributed by atoms with Crippen LogP contribution in [0.3, 0.4) is 0 Å². The van der Waals surface area contributed by atoms with Gasteiger partial charge in [0.05, 0.1) is 6.04 Å². The van der Waals surface area contributed by atoms with Gasteiger partial charge in [0.1, 0.15) is 0 Å². The quantitative estimate of drug-likeness (QED) is 0.281. The second kappa shape index (κ2) is 13.7. The zero-order valence-corrected chi connectivity index (χ0v) is 12.2. The lowest BCUT2D eigenvalue weighted by Gasteiger charge is -2.08. The predicted octanol–water partition coefficient (Wildman–Crippen LogP) is -0.852. The minimum Gasteiger partial charge on any atom is -0.355 e. The van der Waals surface area contributed by atoms with Gasteiger partial charge in [-0.2, -0.15) is 0 Å². The highest BCUT2D eigenvalue weighted by molar-refractivity contribution is 5.80. The second-order valence-corrected chi connectivity index (χ2v) is 4.78. The molecule has 0 saturated heterocycles. The largest absolute Gasteiger partial charge is 0.355 e. The Hall–Kier alpha value is -0.690. The molecule has 0 saturated carbocycles. The zero-order chi connectivity index (χ0) is 14.3. The van der Waals surface area contributed by atoms with Crippen LogP contribution in [-0.2, 0) is 4.79 Å². The van der Waals surface area contributed by atoms with Crippen LogP contribution in [0.25, 0.3) is 0 Å². The van der Waals surface area contributed by atoms with Crippen LogP contribution in [0.5, 0.6) is 0 Å². The molecule has 0 aromatic heterocycles. The van der Waals surface area contributed by atoms with Crippen molar-refractivity contribution >= 4 is 5.91 Å².